The molecule has 7 atom stereocenters. The minimum atomic E-state index is -0.465. The van der Waals surface area contributed by atoms with Crippen molar-refractivity contribution in [3.63, 3.8) is 0 Å². The van der Waals surface area contributed by atoms with Crippen molar-refractivity contribution < 1.29 is 9.53 Å². The van der Waals surface area contributed by atoms with Crippen LogP contribution in [0.3, 0.4) is 0 Å². The average Bonchev–Trinajstić information content (AvgIpc) is 3.28. The van der Waals surface area contributed by atoms with Gasteiger partial charge in [0.2, 0.25) is 0 Å². The molecule has 1 saturated heterocycles. The van der Waals surface area contributed by atoms with Crippen LogP contribution < -0.4 is 5.73 Å². The summed E-state index contributed by atoms with van der Waals surface area (Å²) in [5, 5.41) is 0. The summed E-state index contributed by atoms with van der Waals surface area (Å²) in [5.41, 5.74) is 7.35. The topological polar surface area (TPSA) is 68.5 Å². The molecule has 1 aromatic rings. The summed E-state index contributed by atoms with van der Waals surface area (Å²) in [5.74, 6) is 3.53. The molecular formula is C22H29N3O2. The number of hydrogen-bond acceptors (Lipinski definition) is 4. The van der Waals surface area contributed by atoms with E-state index in [0.717, 1.165) is 47.9 Å². The molecule has 0 spiro atoms. The first-order valence-corrected chi connectivity index (χ1v) is 10.6. The fourth-order valence-electron chi connectivity index (χ4n) is 7.95. The highest BCUT2D eigenvalue weighted by Crippen LogP contribution is 2.91. The van der Waals surface area contributed by atoms with Crippen LogP contribution in [0.1, 0.15) is 48.7 Å². The Kier molecular flexibility index (Phi) is 3.13. The van der Waals surface area contributed by atoms with Crippen LogP contribution in [-0.2, 0) is 10.3 Å². The number of likely N-dealkylation sites (tertiary alicyclic amines) is 1. The Morgan fingerprint density at radius 1 is 1.30 bits per heavy atom. The van der Waals surface area contributed by atoms with Crippen molar-refractivity contribution in [2.75, 3.05) is 20.2 Å². The molecular weight excluding hydrogens is 338 g/mol. The zero-order chi connectivity index (χ0) is 18.6. The third-order valence-electron chi connectivity index (χ3n) is 9.25. The van der Waals surface area contributed by atoms with E-state index < -0.39 is 5.91 Å². The van der Waals surface area contributed by atoms with E-state index in [1.54, 1.807) is 6.20 Å². The van der Waals surface area contributed by atoms with Gasteiger partial charge in [0.15, 0.2) is 0 Å². The number of pyridine rings is 1. The summed E-state index contributed by atoms with van der Waals surface area (Å²) in [6.45, 7) is 4.75. The smallest absolute Gasteiger partial charge is 0.267 e. The van der Waals surface area contributed by atoms with Gasteiger partial charge in [-0.25, -0.2) is 0 Å². The van der Waals surface area contributed by atoms with E-state index in [0.29, 0.717) is 17.5 Å². The van der Waals surface area contributed by atoms with Gasteiger partial charge in [-0.1, -0.05) is 13.3 Å². The molecule has 1 amide bonds. The lowest BCUT2D eigenvalue weighted by molar-refractivity contribution is -0.174. The zero-order valence-electron chi connectivity index (χ0n) is 16.2. The molecule has 2 N–H and O–H groups in total. The number of piperidine rings is 1. The number of amides is 1. The van der Waals surface area contributed by atoms with E-state index in [4.69, 9.17) is 10.5 Å². The quantitative estimate of drug-likeness (QED) is 0.887. The Morgan fingerprint density at radius 2 is 2.00 bits per heavy atom. The van der Waals surface area contributed by atoms with E-state index in [-0.39, 0.29) is 5.60 Å². The number of nitrogens with two attached hydrogens (primary N) is 1. The molecule has 0 aromatic carbocycles. The van der Waals surface area contributed by atoms with Gasteiger partial charge >= 0.3 is 0 Å². The minimum absolute atomic E-state index is 0.305. The van der Waals surface area contributed by atoms with Gasteiger partial charge in [-0.15, -0.1) is 0 Å². The van der Waals surface area contributed by atoms with Crippen LogP contribution in [0.5, 0.6) is 0 Å². The number of aromatic nitrogens is 1. The van der Waals surface area contributed by atoms with Gasteiger partial charge < -0.3 is 10.5 Å². The predicted molar refractivity (Wildman–Crippen MR) is 101 cm³/mol. The molecule has 0 radical (unpaired) electrons. The van der Waals surface area contributed by atoms with Crippen molar-refractivity contribution in [2.45, 2.75) is 44.2 Å². The molecule has 5 saturated carbocycles. The van der Waals surface area contributed by atoms with Crippen molar-refractivity contribution in [3.05, 3.63) is 29.6 Å². The first kappa shape index (κ1) is 16.5. The summed E-state index contributed by atoms with van der Waals surface area (Å²) in [6.07, 6.45) is 6.80. The van der Waals surface area contributed by atoms with E-state index in [1.165, 1.54) is 25.7 Å². The van der Waals surface area contributed by atoms with Gasteiger partial charge in [0, 0.05) is 44.3 Å². The van der Waals surface area contributed by atoms with E-state index in [2.05, 4.69) is 16.8 Å². The van der Waals surface area contributed by atoms with Crippen LogP contribution >= 0.6 is 0 Å². The summed E-state index contributed by atoms with van der Waals surface area (Å²) in [7, 11) is 1.85. The van der Waals surface area contributed by atoms with Gasteiger partial charge in [0.25, 0.3) is 5.91 Å². The third-order valence-corrected chi connectivity index (χ3v) is 9.25. The fraction of sp³-hybridized carbons (Fsp3) is 0.727. The van der Waals surface area contributed by atoms with Crippen molar-refractivity contribution in [3.8, 4) is 0 Å². The Hall–Kier alpha value is -1.46. The first-order valence-electron chi connectivity index (χ1n) is 10.6. The third kappa shape index (κ3) is 1.88. The summed E-state index contributed by atoms with van der Waals surface area (Å²) in [6, 6.07) is 4.72. The Bertz CT molecular complexity index is 806. The highest BCUT2D eigenvalue weighted by molar-refractivity contribution is 5.90. The van der Waals surface area contributed by atoms with Crippen LogP contribution in [0.2, 0.25) is 0 Å². The lowest BCUT2D eigenvalue weighted by atomic mass is 9.62. The number of carbonyl (C=O) groups is 1. The molecule has 2 heterocycles. The molecule has 5 nitrogen and oxygen atoms in total. The molecule has 1 aliphatic heterocycles. The molecule has 1 aromatic heterocycles. The van der Waals surface area contributed by atoms with Crippen LogP contribution in [0.15, 0.2) is 18.3 Å². The lowest BCUT2D eigenvalue weighted by Crippen LogP contribution is -2.60. The summed E-state index contributed by atoms with van der Waals surface area (Å²) < 4.78 is 6.33. The maximum absolute atomic E-state index is 11.7. The molecule has 27 heavy (non-hydrogen) atoms. The largest absolute Gasteiger partial charge is 0.373 e. The molecule has 7 rings (SSSR count). The number of rotatable bonds is 4. The van der Waals surface area contributed by atoms with E-state index in [9.17, 15) is 4.79 Å². The van der Waals surface area contributed by atoms with Crippen molar-refractivity contribution >= 4 is 5.91 Å². The molecule has 6 fully saturated rings. The van der Waals surface area contributed by atoms with Crippen LogP contribution in [0, 0.1) is 35.0 Å². The van der Waals surface area contributed by atoms with Crippen molar-refractivity contribution in [2.24, 2.45) is 40.7 Å². The van der Waals surface area contributed by atoms with Crippen LogP contribution in [-0.4, -0.2) is 42.0 Å². The molecule has 5 heteroatoms. The molecule has 4 bridgehead atoms. The van der Waals surface area contributed by atoms with Crippen LogP contribution in [0.4, 0.5) is 0 Å². The second kappa shape index (κ2) is 5.12. The van der Waals surface area contributed by atoms with Gasteiger partial charge in [0.05, 0.1) is 0 Å². The standard InChI is InChI=1S/C22H29N3O2/c1-21-15-9-17(19(21)18(15)21)25-10-13-4-3-5-14(11-25)22(13,27-2)12-6-7-24-16(8-12)20(23)26/h6-8,13-15,17-19H,3-5,9-11H2,1-2H3,(H2,23,26)/t13?,14?,15-,17+,18-,19?,21-,22?/m0/s1. The highest BCUT2D eigenvalue weighted by atomic mass is 16.5. The van der Waals surface area contributed by atoms with Gasteiger partial charge in [-0.05, 0) is 60.1 Å². The van der Waals surface area contributed by atoms with E-state index >= 15 is 0 Å². The van der Waals surface area contributed by atoms with Crippen molar-refractivity contribution in [1.82, 2.24) is 9.88 Å². The summed E-state index contributed by atoms with van der Waals surface area (Å²) >= 11 is 0. The lowest BCUT2D eigenvalue weighted by Gasteiger charge is -2.56. The monoisotopic (exact) mass is 367 g/mol. The Morgan fingerprint density at radius 3 is 2.56 bits per heavy atom. The van der Waals surface area contributed by atoms with Crippen molar-refractivity contribution in [1.29, 1.82) is 0 Å². The number of fused-ring (bicyclic) bond motifs is 3. The predicted octanol–water partition coefficient (Wildman–Crippen LogP) is 2.41. The normalized spacial score (nSPS) is 49.6. The zero-order valence-corrected chi connectivity index (χ0v) is 16.2. The maximum atomic E-state index is 11.7. The number of primary amides is 1. The van der Waals surface area contributed by atoms with Gasteiger partial charge in [-0.2, -0.15) is 0 Å². The Labute approximate surface area is 160 Å². The van der Waals surface area contributed by atoms with Gasteiger partial charge in [-0.3, -0.25) is 14.7 Å². The minimum Gasteiger partial charge on any atom is -0.373 e. The van der Waals surface area contributed by atoms with E-state index in [1.807, 2.05) is 19.2 Å². The SMILES string of the molecule is COC1(c2ccnc(C(N)=O)c2)C2CCCC1CN([C@@H]1C[C@H]3[C@H]4C1[C@]43C)C2. The number of hydrogen-bond donors (Lipinski definition) is 1. The molecule has 6 aliphatic rings. The molecule has 144 valence electrons. The van der Waals surface area contributed by atoms with Crippen LogP contribution in [0.25, 0.3) is 0 Å². The second-order valence-electron chi connectivity index (χ2n) is 9.90. The first-order chi connectivity index (χ1) is 13.0. The van der Waals surface area contributed by atoms with Gasteiger partial charge in [0.1, 0.15) is 11.3 Å². The number of nitrogens with zero attached hydrogens (tertiary/aromatic N) is 2. The maximum Gasteiger partial charge on any atom is 0.267 e. The second-order valence-corrected chi connectivity index (χ2v) is 9.90. The molecule has 3 unspecified atom stereocenters. The Balaban J connectivity index is 1.33. The number of ether oxygens (including phenoxy) is 1. The number of methoxy groups -OCH3 is 1. The fourth-order valence-corrected chi connectivity index (χ4v) is 7.95. The number of carbonyl (C=O) groups excluding carboxylic acids is 1. The molecule has 5 aliphatic carbocycles. The summed E-state index contributed by atoms with van der Waals surface area (Å²) in [4.78, 5) is 18.7. The highest BCUT2D eigenvalue weighted by Gasteiger charge is 2.89. The average molecular weight is 367 g/mol.